The number of fused-ring (bicyclic) bond motifs is 3. The van der Waals surface area contributed by atoms with Crippen molar-refractivity contribution in [2.24, 2.45) is 17.6 Å². The van der Waals surface area contributed by atoms with Gasteiger partial charge in [-0.3, -0.25) is 19.3 Å². The molecule has 4 atom stereocenters. The van der Waals surface area contributed by atoms with Gasteiger partial charge in [-0.25, -0.2) is 9.18 Å². The molecule has 0 heterocycles. The van der Waals surface area contributed by atoms with Gasteiger partial charge in [-0.2, -0.15) is 0 Å². The molecular formula is C29H37FN4O9. The standard InChI is InChI=1S/C29H37FN4O9/c1-6-34(28(41)43-8-7-30)12-14-11-17(32(2)3)15-9-13-10-16-21(33(4)5)24(37)20(27(31)40)26(39)29(16,42)25(38)18(13)23(36)19(15)22(14)35/h11,13,16,21,35,37-38,42H,6-10,12H2,1-5H3,(H2,31,40)/t13-,16-,21-,29-/m0/s1. The van der Waals surface area contributed by atoms with E-state index in [1.807, 2.05) is 0 Å². The molecule has 0 spiro atoms. The Kier molecular flexibility index (Phi) is 8.49. The number of aliphatic hydroxyl groups is 3. The number of carbonyl (C=O) groups excluding carboxylic acids is 4. The van der Waals surface area contributed by atoms with Crippen molar-refractivity contribution in [2.75, 3.05) is 52.9 Å². The number of carbonyl (C=O) groups is 4. The average Bonchev–Trinajstić information content (AvgIpc) is 2.92. The highest BCUT2D eigenvalue weighted by atomic mass is 19.1. The fraction of sp³-hybridized carbons (Fsp3) is 0.517. The van der Waals surface area contributed by atoms with Crippen LogP contribution in [0.25, 0.3) is 0 Å². The van der Waals surface area contributed by atoms with Gasteiger partial charge in [-0.15, -0.1) is 0 Å². The van der Waals surface area contributed by atoms with E-state index in [1.54, 1.807) is 46.1 Å². The zero-order valence-corrected chi connectivity index (χ0v) is 24.7. The number of hydrogen-bond acceptors (Lipinski definition) is 11. The third kappa shape index (κ3) is 4.87. The first-order valence-electron chi connectivity index (χ1n) is 13.8. The quantitative estimate of drug-likeness (QED) is 0.267. The summed E-state index contributed by atoms with van der Waals surface area (Å²) in [6.45, 7) is 0.306. The molecule has 2 amide bonds. The number of nitrogens with zero attached hydrogens (tertiary/aromatic N) is 3. The fourth-order valence-corrected chi connectivity index (χ4v) is 6.60. The topological polar surface area (TPSA) is 194 Å². The Labute approximate surface area is 247 Å². The Morgan fingerprint density at radius 3 is 2.35 bits per heavy atom. The third-order valence-electron chi connectivity index (χ3n) is 8.56. The number of benzene rings is 1. The molecule has 0 aliphatic heterocycles. The number of ketones is 2. The molecular weight excluding hydrogens is 567 g/mol. The van der Waals surface area contributed by atoms with Crippen molar-refractivity contribution < 1.29 is 48.7 Å². The van der Waals surface area contributed by atoms with Gasteiger partial charge < -0.3 is 40.7 Å². The number of halogens is 1. The molecule has 3 aliphatic rings. The summed E-state index contributed by atoms with van der Waals surface area (Å²) < 4.78 is 17.4. The lowest BCUT2D eigenvalue weighted by molar-refractivity contribution is -0.148. The molecule has 0 fully saturated rings. The molecule has 4 rings (SSSR count). The minimum Gasteiger partial charge on any atom is -0.510 e. The molecule has 14 heteroatoms. The highest BCUT2D eigenvalue weighted by Gasteiger charge is 2.63. The van der Waals surface area contributed by atoms with Gasteiger partial charge in [0.2, 0.25) is 5.78 Å². The number of allylic oxidation sites excluding steroid dienone is 1. The van der Waals surface area contributed by atoms with E-state index >= 15 is 0 Å². The lowest BCUT2D eigenvalue weighted by atomic mass is 9.58. The van der Waals surface area contributed by atoms with E-state index < -0.39 is 83.2 Å². The van der Waals surface area contributed by atoms with E-state index in [4.69, 9.17) is 10.5 Å². The molecule has 0 radical (unpaired) electrons. The number of likely N-dealkylation sites (N-methyl/N-ethyl adjacent to an activating group) is 1. The van der Waals surface area contributed by atoms with Crippen LogP contribution in [0, 0.1) is 11.8 Å². The monoisotopic (exact) mass is 604 g/mol. The summed E-state index contributed by atoms with van der Waals surface area (Å²) >= 11 is 0. The van der Waals surface area contributed by atoms with Crippen molar-refractivity contribution in [2.45, 2.75) is 38.0 Å². The highest BCUT2D eigenvalue weighted by molar-refractivity contribution is 6.25. The van der Waals surface area contributed by atoms with E-state index in [9.17, 15) is 44.0 Å². The molecule has 0 saturated heterocycles. The Hall–Kier alpha value is -4.17. The maximum atomic E-state index is 14.1. The number of amides is 2. The summed E-state index contributed by atoms with van der Waals surface area (Å²) in [5.74, 6) is -7.39. The molecule has 1 aromatic carbocycles. The van der Waals surface area contributed by atoms with Gasteiger partial charge in [-0.1, -0.05) is 0 Å². The number of phenols is 1. The number of phenolic OH excluding ortho intramolecular Hbond substituents is 1. The number of alkyl halides is 1. The van der Waals surface area contributed by atoms with Crippen LogP contribution in [0.15, 0.2) is 28.7 Å². The predicted octanol–water partition coefficient (Wildman–Crippen LogP) is 1.11. The minimum atomic E-state index is -2.75. The normalized spacial score (nSPS) is 24.9. The van der Waals surface area contributed by atoms with Crippen molar-refractivity contribution in [3.8, 4) is 5.75 Å². The maximum absolute atomic E-state index is 14.1. The number of anilines is 1. The molecule has 13 nitrogen and oxygen atoms in total. The van der Waals surface area contributed by atoms with Crippen LogP contribution in [0.2, 0.25) is 0 Å². The van der Waals surface area contributed by atoms with Gasteiger partial charge in [0.1, 0.15) is 36.1 Å². The Morgan fingerprint density at radius 1 is 1.16 bits per heavy atom. The van der Waals surface area contributed by atoms with Crippen LogP contribution >= 0.6 is 0 Å². The summed E-state index contributed by atoms with van der Waals surface area (Å²) in [5, 5.41) is 45.6. The smallest absolute Gasteiger partial charge is 0.410 e. The van der Waals surface area contributed by atoms with Gasteiger partial charge in [0, 0.05) is 43.4 Å². The van der Waals surface area contributed by atoms with Gasteiger partial charge in [0.25, 0.3) is 5.91 Å². The van der Waals surface area contributed by atoms with Crippen LogP contribution in [-0.2, 0) is 27.3 Å². The molecule has 0 aromatic heterocycles. The van der Waals surface area contributed by atoms with Crippen LogP contribution in [0.3, 0.4) is 0 Å². The average molecular weight is 605 g/mol. The molecule has 234 valence electrons. The number of primary amides is 1. The van der Waals surface area contributed by atoms with Crippen molar-refractivity contribution in [1.82, 2.24) is 9.80 Å². The van der Waals surface area contributed by atoms with Crippen molar-refractivity contribution >= 4 is 29.3 Å². The Bertz CT molecular complexity index is 1450. The molecule has 0 saturated carbocycles. The number of aromatic hydroxyl groups is 1. The number of hydrogen-bond donors (Lipinski definition) is 5. The van der Waals surface area contributed by atoms with Crippen LogP contribution in [0.4, 0.5) is 14.9 Å². The summed E-state index contributed by atoms with van der Waals surface area (Å²) in [5.41, 5.74) is 2.46. The minimum absolute atomic E-state index is 0.0365. The summed E-state index contributed by atoms with van der Waals surface area (Å²) in [4.78, 5) is 56.6. The number of nitrogens with two attached hydrogens (primary N) is 1. The van der Waals surface area contributed by atoms with Gasteiger partial charge in [0.05, 0.1) is 18.2 Å². The third-order valence-corrected chi connectivity index (χ3v) is 8.56. The van der Waals surface area contributed by atoms with Crippen LogP contribution in [0.1, 0.15) is 34.8 Å². The van der Waals surface area contributed by atoms with E-state index in [-0.39, 0.29) is 42.6 Å². The lowest BCUT2D eigenvalue weighted by Gasteiger charge is -2.50. The van der Waals surface area contributed by atoms with Crippen molar-refractivity contribution in [3.05, 3.63) is 45.4 Å². The fourth-order valence-electron chi connectivity index (χ4n) is 6.60. The maximum Gasteiger partial charge on any atom is 0.410 e. The first-order valence-corrected chi connectivity index (χ1v) is 13.8. The summed E-state index contributed by atoms with van der Waals surface area (Å²) in [7, 11) is 6.58. The molecule has 1 aromatic rings. The molecule has 43 heavy (non-hydrogen) atoms. The zero-order valence-electron chi connectivity index (χ0n) is 24.7. The lowest BCUT2D eigenvalue weighted by Crippen LogP contribution is -2.63. The second kappa shape index (κ2) is 11.5. The molecule has 0 unspecified atom stereocenters. The Morgan fingerprint density at radius 2 is 1.81 bits per heavy atom. The van der Waals surface area contributed by atoms with Crippen molar-refractivity contribution in [3.63, 3.8) is 0 Å². The highest BCUT2D eigenvalue weighted by Crippen LogP contribution is 2.53. The molecule has 0 bridgehead atoms. The van der Waals surface area contributed by atoms with Gasteiger partial charge in [-0.05, 0) is 51.4 Å². The van der Waals surface area contributed by atoms with Crippen LogP contribution < -0.4 is 10.6 Å². The summed E-state index contributed by atoms with van der Waals surface area (Å²) in [6.07, 6.45) is -0.735. The van der Waals surface area contributed by atoms with E-state index in [2.05, 4.69) is 0 Å². The number of rotatable bonds is 8. The predicted molar refractivity (Wildman–Crippen MR) is 151 cm³/mol. The molecule has 6 N–H and O–H groups in total. The Balaban J connectivity index is 1.89. The number of ether oxygens (including phenoxy) is 1. The van der Waals surface area contributed by atoms with Crippen LogP contribution in [0.5, 0.6) is 5.75 Å². The van der Waals surface area contributed by atoms with E-state index in [1.165, 1.54) is 9.80 Å². The zero-order chi connectivity index (χ0) is 32.1. The van der Waals surface area contributed by atoms with Crippen LogP contribution in [-0.4, -0.2) is 113 Å². The number of aliphatic hydroxyl groups excluding tert-OH is 2. The van der Waals surface area contributed by atoms with Gasteiger partial charge in [0.15, 0.2) is 11.4 Å². The second-order valence-corrected chi connectivity index (χ2v) is 11.4. The SMILES string of the molecule is CCN(Cc1cc(N(C)C)c2c(c1O)C(=O)C1=C(O)[C@]3(O)C(=O)C(C(N)=O)=C(O)[C@@H](N(C)C)[C@@H]3C[C@@H]1C2)C(=O)OCCF. The molecule has 3 aliphatic carbocycles. The first-order chi connectivity index (χ1) is 20.1. The second-order valence-electron chi connectivity index (χ2n) is 11.4. The van der Waals surface area contributed by atoms with E-state index in [0.717, 1.165) is 0 Å². The van der Waals surface area contributed by atoms with E-state index in [0.29, 0.717) is 11.3 Å². The first kappa shape index (κ1) is 31.8. The number of Topliss-reactive ketones (excluding diaryl/α,β-unsaturated/α-hetero) is 2. The summed E-state index contributed by atoms with van der Waals surface area (Å²) in [6, 6.07) is 0.535. The largest absolute Gasteiger partial charge is 0.510 e. The van der Waals surface area contributed by atoms with Gasteiger partial charge >= 0.3 is 6.09 Å². The van der Waals surface area contributed by atoms with Crippen molar-refractivity contribution in [1.29, 1.82) is 0 Å².